The second kappa shape index (κ2) is 6.19. The zero-order valence-electron chi connectivity index (χ0n) is 12.4. The van der Waals surface area contributed by atoms with Crippen molar-refractivity contribution >= 4 is 0 Å². The predicted octanol–water partition coefficient (Wildman–Crippen LogP) is 3.54. The molecule has 0 saturated carbocycles. The Morgan fingerprint density at radius 2 is 1.95 bits per heavy atom. The lowest BCUT2D eigenvalue weighted by molar-refractivity contribution is 0.317. The second-order valence-corrected chi connectivity index (χ2v) is 5.30. The van der Waals surface area contributed by atoms with Crippen molar-refractivity contribution in [2.45, 2.75) is 26.3 Å². The van der Waals surface area contributed by atoms with Crippen LogP contribution in [0.25, 0.3) is 11.1 Å². The van der Waals surface area contributed by atoms with Crippen molar-refractivity contribution in [3.63, 3.8) is 0 Å². The van der Waals surface area contributed by atoms with Gasteiger partial charge in [0.05, 0.1) is 13.2 Å². The first kappa shape index (κ1) is 14.0. The van der Waals surface area contributed by atoms with Crippen molar-refractivity contribution in [2.75, 3.05) is 13.2 Å². The van der Waals surface area contributed by atoms with Crippen molar-refractivity contribution in [3.8, 4) is 22.6 Å². The van der Waals surface area contributed by atoms with E-state index in [2.05, 4.69) is 31.2 Å². The van der Waals surface area contributed by atoms with Crippen molar-refractivity contribution in [2.24, 2.45) is 5.73 Å². The zero-order valence-corrected chi connectivity index (χ0v) is 12.4. The van der Waals surface area contributed by atoms with Crippen LogP contribution in [0.1, 0.15) is 24.5 Å². The maximum Gasteiger partial charge on any atom is 0.127 e. The summed E-state index contributed by atoms with van der Waals surface area (Å²) in [5, 5.41) is 0. The maximum absolute atomic E-state index is 5.85. The molecule has 0 saturated heterocycles. The van der Waals surface area contributed by atoms with Crippen LogP contribution in [-0.4, -0.2) is 13.2 Å². The summed E-state index contributed by atoms with van der Waals surface area (Å²) < 4.78 is 11.3. The lowest BCUT2D eigenvalue weighted by Crippen LogP contribution is -2.00. The molecule has 1 aliphatic rings. The molecule has 0 unspecified atom stereocenters. The lowest BCUT2D eigenvalue weighted by atomic mass is 9.98. The minimum atomic E-state index is 0.508. The van der Waals surface area contributed by atoms with Gasteiger partial charge in [0.1, 0.15) is 11.5 Å². The summed E-state index contributed by atoms with van der Waals surface area (Å²) in [5.41, 5.74) is 10.6. The highest BCUT2D eigenvalue weighted by Crippen LogP contribution is 2.34. The van der Waals surface area contributed by atoms with E-state index in [1.165, 1.54) is 16.7 Å². The molecular weight excluding hydrogens is 262 g/mol. The Balaban J connectivity index is 1.90. The standard InChI is InChI=1S/C18H21NO2/c1-2-8-20-17-5-3-13(4-6-17)15-10-14-7-9-21-18(14)16(11-15)12-19/h3-6,10-11H,2,7-9,12,19H2,1H3. The monoisotopic (exact) mass is 283 g/mol. The fourth-order valence-electron chi connectivity index (χ4n) is 2.67. The number of nitrogens with two attached hydrogens (primary N) is 1. The minimum Gasteiger partial charge on any atom is -0.494 e. The van der Waals surface area contributed by atoms with E-state index in [-0.39, 0.29) is 0 Å². The first-order valence-corrected chi connectivity index (χ1v) is 7.53. The largest absolute Gasteiger partial charge is 0.494 e. The van der Waals surface area contributed by atoms with E-state index in [0.717, 1.165) is 43.1 Å². The molecule has 3 rings (SSSR count). The summed E-state index contributed by atoms with van der Waals surface area (Å²) in [6.45, 7) is 4.13. The van der Waals surface area contributed by atoms with Crippen LogP contribution in [0.4, 0.5) is 0 Å². The van der Waals surface area contributed by atoms with E-state index < -0.39 is 0 Å². The molecule has 0 atom stereocenters. The maximum atomic E-state index is 5.85. The number of rotatable bonds is 5. The van der Waals surface area contributed by atoms with Gasteiger partial charge in [0.2, 0.25) is 0 Å². The normalized spacial score (nSPS) is 12.9. The van der Waals surface area contributed by atoms with Crippen molar-refractivity contribution in [1.82, 2.24) is 0 Å². The van der Waals surface area contributed by atoms with E-state index in [1.54, 1.807) is 0 Å². The molecule has 0 amide bonds. The molecule has 3 nitrogen and oxygen atoms in total. The van der Waals surface area contributed by atoms with Crippen LogP contribution in [0, 0.1) is 0 Å². The van der Waals surface area contributed by atoms with E-state index in [0.29, 0.717) is 6.54 Å². The summed E-state index contributed by atoms with van der Waals surface area (Å²) in [7, 11) is 0. The van der Waals surface area contributed by atoms with Crippen LogP contribution in [-0.2, 0) is 13.0 Å². The number of benzene rings is 2. The van der Waals surface area contributed by atoms with Gasteiger partial charge in [-0.15, -0.1) is 0 Å². The van der Waals surface area contributed by atoms with Gasteiger partial charge in [-0.05, 0) is 47.4 Å². The topological polar surface area (TPSA) is 44.5 Å². The lowest BCUT2D eigenvalue weighted by Gasteiger charge is -2.11. The van der Waals surface area contributed by atoms with Gasteiger partial charge in [-0.3, -0.25) is 0 Å². The SMILES string of the molecule is CCCOc1ccc(-c2cc(CN)c3c(c2)CCO3)cc1. The molecule has 21 heavy (non-hydrogen) atoms. The van der Waals surface area contributed by atoms with Crippen LogP contribution in [0.5, 0.6) is 11.5 Å². The van der Waals surface area contributed by atoms with Gasteiger partial charge >= 0.3 is 0 Å². The smallest absolute Gasteiger partial charge is 0.127 e. The Morgan fingerprint density at radius 3 is 2.67 bits per heavy atom. The van der Waals surface area contributed by atoms with E-state index >= 15 is 0 Å². The fourth-order valence-corrected chi connectivity index (χ4v) is 2.67. The van der Waals surface area contributed by atoms with Gasteiger partial charge in [0.25, 0.3) is 0 Å². The first-order valence-electron chi connectivity index (χ1n) is 7.53. The number of hydrogen-bond donors (Lipinski definition) is 1. The van der Waals surface area contributed by atoms with E-state index in [9.17, 15) is 0 Å². The minimum absolute atomic E-state index is 0.508. The summed E-state index contributed by atoms with van der Waals surface area (Å²) in [5.74, 6) is 1.91. The number of fused-ring (bicyclic) bond motifs is 1. The molecule has 1 heterocycles. The third-order valence-corrected chi connectivity index (χ3v) is 3.74. The first-order chi connectivity index (χ1) is 10.3. The van der Waals surface area contributed by atoms with Crippen LogP contribution in [0.2, 0.25) is 0 Å². The average molecular weight is 283 g/mol. The molecule has 0 aliphatic carbocycles. The number of hydrogen-bond acceptors (Lipinski definition) is 3. The fraction of sp³-hybridized carbons (Fsp3) is 0.333. The van der Waals surface area contributed by atoms with E-state index in [1.807, 2.05) is 12.1 Å². The van der Waals surface area contributed by atoms with Crippen LogP contribution in [0.15, 0.2) is 36.4 Å². The molecule has 0 aromatic heterocycles. The molecule has 3 heteroatoms. The highest BCUT2D eigenvalue weighted by atomic mass is 16.5. The third kappa shape index (κ3) is 2.88. The predicted molar refractivity (Wildman–Crippen MR) is 84.8 cm³/mol. The quantitative estimate of drug-likeness (QED) is 0.913. The summed E-state index contributed by atoms with van der Waals surface area (Å²) in [6, 6.07) is 12.6. The van der Waals surface area contributed by atoms with Gasteiger partial charge in [-0.25, -0.2) is 0 Å². The third-order valence-electron chi connectivity index (χ3n) is 3.74. The molecule has 0 spiro atoms. The van der Waals surface area contributed by atoms with Gasteiger partial charge in [-0.2, -0.15) is 0 Å². The van der Waals surface area contributed by atoms with Crippen molar-refractivity contribution < 1.29 is 9.47 Å². The van der Waals surface area contributed by atoms with Gasteiger partial charge < -0.3 is 15.2 Å². The summed E-state index contributed by atoms with van der Waals surface area (Å²) in [6.07, 6.45) is 1.99. The molecular formula is C18H21NO2. The Morgan fingerprint density at radius 1 is 1.14 bits per heavy atom. The zero-order chi connectivity index (χ0) is 14.7. The molecule has 110 valence electrons. The van der Waals surface area contributed by atoms with Crippen LogP contribution in [0.3, 0.4) is 0 Å². The Kier molecular flexibility index (Phi) is 4.11. The molecule has 2 aromatic carbocycles. The Hall–Kier alpha value is -2.00. The van der Waals surface area contributed by atoms with Crippen molar-refractivity contribution in [1.29, 1.82) is 0 Å². The second-order valence-electron chi connectivity index (χ2n) is 5.30. The highest BCUT2D eigenvalue weighted by Gasteiger charge is 2.17. The molecule has 0 fully saturated rings. The molecule has 0 radical (unpaired) electrons. The van der Waals surface area contributed by atoms with Gasteiger partial charge in [-0.1, -0.05) is 19.1 Å². The average Bonchev–Trinajstić information content (AvgIpc) is 3.01. The Labute approximate surface area is 125 Å². The summed E-state index contributed by atoms with van der Waals surface area (Å²) in [4.78, 5) is 0. The van der Waals surface area contributed by atoms with Gasteiger partial charge in [0, 0.05) is 18.5 Å². The van der Waals surface area contributed by atoms with Crippen molar-refractivity contribution in [3.05, 3.63) is 47.5 Å². The molecule has 0 bridgehead atoms. The molecule has 2 N–H and O–H groups in total. The number of ether oxygens (including phenoxy) is 2. The van der Waals surface area contributed by atoms with Gasteiger partial charge in [0.15, 0.2) is 0 Å². The summed E-state index contributed by atoms with van der Waals surface area (Å²) >= 11 is 0. The molecule has 1 aliphatic heterocycles. The van der Waals surface area contributed by atoms with Crippen LogP contribution < -0.4 is 15.2 Å². The highest BCUT2D eigenvalue weighted by molar-refractivity contribution is 5.68. The van der Waals surface area contributed by atoms with Crippen LogP contribution >= 0.6 is 0 Å². The Bertz CT molecular complexity index is 620. The van der Waals surface area contributed by atoms with E-state index in [4.69, 9.17) is 15.2 Å². The molecule has 2 aromatic rings.